The Bertz CT molecular complexity index is 409. The molecular formula is C14H18Cl2O4. The number of para-hydroxylation sites is 1. The van der Waals surface area contributed by atoms with Gasteiger partial charge in [-0.15, -0.1) is 0 Å². The summed E-state index contributed by atoms with van der Waals surface area (Å²) in [7, 11) is 0. The lowest BCUT2D eigenvalue weighted by Gasteiger charge is -2.22. The Morgan fingerprint density at radius 1 is 1.30 bits per heavy atom. The number of benzene rings is 1. The van der Waals surface area contributed by atoms with E-state index in [4.69, 9.17) is 37.4 Å². The molecule has 0 aliphatic carbocycles. The monoisotopic (exact) mass is 320 g/mol. The highest BCUT2D eigenvalue weighted by molar-refractivity contribution is 6.56. The van der Waals surface area contributed by atoms with Crippen molar-refractivity contribution in [2.45, 2.75) is 37.5 Å². The predicted octanol–water partition coefficient (Wildman–Crippen LogP) is 3.90. The molecule has 1 unspecified atom stereocenters. The Morgan fingerprint density at radius 3 is 2.55 bits per heavy atom. The molecular weight excluding hydrogens is 303 g/mol. The van der Waals surface area contributed by atoms with E-state index in [-0.39, 0.29) is 0 Å². The molecule has 0 fully saturated rings. The molecule has 1 aromatic carbocycles. The summed E-state index contributed by atoms with van der Waals surface area (Å²) in [6.07, 6.45) is 1.15. The number of unbranched alkanes of at least 4 members (excludes halogenated alkanes) is 1. The first-order valence-electron chi connectivity index (χ1n) is 6.40. The van der Waals surface area contributed by atoms with Crippen LogP contribution in [0.2, 0.25) is 0 Å². The van der Waals surface area contributed by atoms with E-state index in [1.54, 1.807) is 37.3 Å². The third kappa shape index (κ3) is 5.99. The molecule has 0 N–H and O–H groups in total. The fourth-order valence-electron chi connectivity index (χ4n) is 1.33. The molecule has 0 aliphatic rings. The average molecular weight is 321 g/mol. The van der Waals surface area contributed by atoms with Gasteiger partial charge in [-0.1, -0.05) is 31.5 Å². The molecule has 20 heavy (non-hydrogen) atoms. The maximum absolute atomic E-state index is 11.8. The number of esters is 1. The second kappa shape index (κ2) is 8.35. The Morgan fingerprint density at radius 2 is 1.95 bits per heavy atom. The number of hydrogen-bond acceptors (Lipinski definition) is 4. The van der Waals surface area contributed by atoms with Crippen molar-refractivity contribution in [2.75, 3.05) is 6.61 Å². The van der Waals surface area contributed by atoms with Crippen LogP contribution < -0.4 is 4.74 Å². The smallest absolute Gasteiger partial charge is 0.386 e. The Labute approximate surface area is 128 Å². The van der Waals surface area contributed by atoms with E-state index in [1.165, 1.54) is 0 Å². The number of rotatable bonds is 8. The van der Waals surface area contributed by atoms with Crippen LogP contribution in [0.1, 0.15) is 26.7 Å². The highest BCUT2D eigenvalue weighted by atomic mass is 35.5. The van der Waals surface area contributed by atoms with Crippen molar-refractivity contribution in [1.82, 2.24) is 0 Å². The van der Waals surface area contributed by atoms with Gasteiger partial charge in [0, 0.05) is 0 Å². The van der Waals surface area contributed by atoms with Gasteiger partial charge in [0.1, 0.15) is 5.75 Å². The molecule has 0 bridgehead atoms. The summed E-state index contributed by atoms with van der Waals surface area (Å²) in [5.74, 6) is -0.539. The van der Waals surface area contributed by atoms with E-state index < -0.39 is 16.8 Å². The number of hydrogen-bond donors (Lipinski definition) is 0. The van der Waals surface area contributed by atoms with E-state index in [9.17, 15) is 4.79 Å². The van der Waals surface area contributed by atoms with Gasteiger partial charge in [-0.25, -0.2) is 4.79 Å². The summed E-state index contributed by atoms with van der Waals surface area (Å²) in [6, 6.07) is 8.54. The first-order valence-corrected chi connectivity index (χ1v) is 7.16. The van der Waals surface area contributed by atoms with Crippen molar-refractivity contribution in [3.8, 4) is 5.75 Å². The zero-order chi connectivity index (χ0) is 15.0. The zero-order valence-electron chi connectivity index (χ0n) is 11.5. The third-order valence-corrected chi connectivity index (χ3v) is 2.81. The van der Waals surface area contributed by atoms with Crippen molar-refractivity contribution in [1.29, 1.82) is 0 Å². The largest absolute Gasteiger partial charge is 0.449 e. The molecule has 1 rings (SSSR count). The number of alkyl halides is 2. The van der Waals surface area contributed by atoms with Gasteiger partial charge >= 0.3 is 10.5 Å². The van der Waals surface area contributed by atoms with Crippen molar-refractivity contribution in [3.63, 3.8) is 0 Å². The predicted molar refractivity (Wildman–Crippen MR) is 77.9 cm³/mol. The maximum Gasteiger partial charge on any atom is 0.386 e. The third-order valence-electron chi connectivity index (χ3n) is 2.35. The van der Waals surface area contributed by atoms with E-state index in [1.807, 2.05) is 6.92 Å². The van der Waals surface area contributed by atoms with Crippen LogP contribution in [0.25, 0.3) is 0 Å². The molecule has 0 radical (unpaired) electrons. The van der Waals surface area contributed by atoms with Crippen molar-refractivity contribution in [2.24, 2.45) is 0 Å². The summed E-state index contributed by atoms with van der Waals surface area (Å²) in [6.45, 7) is 4.14. The van der Waals surface area contributed by atoms with Gasteiger partial charge in [-0.2, -0.15) is 0 Å². The van der Waals surface area contributed by atoms with Crippen molar-refractivity contribution >= 4 is 29.2 Å². The first kappa shape index (κ1) is 17.1. The molecule has 0 aliphatic heterocycles. The molecule has 0 heterocycles. The summed E-state index contributed by atoms with van der Waals surface area (Å²) >= 11 is 11.7. The fourth-order valence-corrected chi connectivity index (χ4v) is 1.59. The van der Waals surface area contributed by atoms with Crippen LogP contribution in [0.5, 0.6) is 5.75 Å². The molecule has 4 nitrogen and oxygen atoms in total. The molecule has 0 saturated carbocycles. The molecule has 0 spiro atoms. The van der Waals surface area contributed by atoms with Crippen LogP contribution in [-0.4, -0.2) is 23.4 Å². The SMILES string of the molecule is CCCCOC(C)OC(=O)C(Cl)(Cl)Oc1ccccc1. The standard InChI is InChI=1S/C14H18Cl2O4/c1-3-4-10-18-11(2)19-13(17)14(15,16)20-12-8-6-5-7-9-12/h5-9,11H,3-4,10H2,1-2H3. The van der Waals surface area contributed by atoms with E-state index >= 15 is 0 Å². The van der Waals surface area contributed by atoms with Gasteiger partial charge in [0.15, 0.2) is 6.29 Å². The minimum Gasteiger partial charge on any atom is -0.449 e. The lowest BCUT2D eigenvalue weighted by Crippen LogP contribution is -2.37. The molecule has 6 heteroatoms. The lowest BCUT2D eigenvalue weighted by molar-refractivity contribution is -0.181. The first-order chi connectivity index (χ1) is 9.45. The van der Waals surface area contributed by atoms with Gasteiger partial charge in [-0.3, -0.25) is 0 Å². The van der Waals surface area contributed by atoms with Gasteiger partial charge < -0.3 is 14.2 Å². The van der Waals surface area contributed by atoms with Crippen LogP contribution in [0.4, 0.5) is 0 Å². The highest BCUT2D eigenvalue weighted by Crippen LogP contribution is 2.28. The number of halogens is 2. The summed E-state index contributed by atoms with van der Waals surface area (Å²) in [5, 5.41) is 0. The van der Waals surface area contributed by atoms with E-state index in [0.717, 1.165) is 12.8 Å². The number of carbonyl (C=O) groups is 1. The van der Waals surface area contributed by atoms with Gasteiger partial charge in [0.25, 0.3) is 0 Å². The van der Waals surface area contributed by atoms with Gasteiger partial charge in [-0.05, 0) is 48.7 Å². The molecule has 1 atom stereocenters. The fraction of sp³-hybridized carbons (Fsp3) is 0.500. The Balaban J connectivity index is 2.48. The Hall–Kier alpha value is -0.970. The Kier molecular flexibility index (Phi) is 7.13. The highest BCUT2D eigenvalue weighted by Gasteiger charge is 2.39. The molecule has 0 saturated heterocycles. The van der Waals surface area contributed by atoms with Crippen molar-refractivity contribution < 1.29 is 19.0 Å². The second-order valence-electron chi connectivity index (χ2n) is 4.13. The van der Waals surface area contributed by atoms with Crippen LogP contribution in [0.3, 0.4) is 0 Å². The van der Waals surface area contributed by atoms with Crippen LogP contribution in [0.15, 0.2) is 30.3 Å². The summed E-state index contributed by atoms with van der Waals surface area (Å²) in [4.78, 5) is 11.8. The van der Waals surface area contributed by atoms with Gasteiger partial charge in [0.05, 0.1) is 6.61 Å². The van der Waals surface area contributed by atoms with Crippen molar-refractivity contribution in [3.05, 3.63) is 30.3 Å². The quantitative estimate of drug-likeness (QED) is 0.315. The van der Waals surface area contributed by atoms with Crippen LogP contribution >= 0.6 is 23.2 Å². The number of carbonyl (C=O) groups excluding carboxylic acids is 1. The minimum atomic E-state index is -2.11. The summed E-state index contributed by atoms with van der Waals surface area (Å²) < 4.78 is 13.3. The second-order valence-corrected chi connectivity index (χ2v) is 5.39. The number of ether oxygens (including phenoxy) is 3. The lowest BCUT2D eigenvalue weighted by atomic mass is 10.3. The van der Waals surface area contributed by atoms with E-state index in [0.29, 0.717) is 12.4 Å². The minimum absolute atomic E-state index is 0.369. The van der Waals surface area contributed by atoms with Crippen LogP contribution in [-0.2, 0) is 14.3 Å². The van der Waals surface area contributed by atoms with E-state index in [2.05, 4.69) is 0 Å². The summed E-state index contributed by atoms with van der Waals surface area (Å²) in [5.41, 5.74) is 0. The molecule has 112 valence electrons. The molecule has 1 aromatic rings. The normalized spacial score (nSPS) is 12.8. The topological polar surface area (TPSA) is 44.8 Å². The average Bonchev–Trinajstić information content (AvgIpc) is 2.39. The zero-order valence-corrected chi connectivity index (χ0v) is 13.0. The van der Waals surface area contributed by atoms with Gasteiger partial charge in [0.2, 0.25) is 0 Å². The van der Waals surface area contributed by atoms with Crippen LogP contribution in [0, 0.1) is 0 Å². The maximum atomic E-state index is 11.8. The molecule has 0 amide bonds. The molecule has 0 aromatic heterocycles.